The molecule has 0 bridgehead atoms. The van der Waals surface area contributed by atoms with Gasteiger partial charge in [-0.1, -0.05) is 59.6 Å². The molecule has 204 valence electrons. The Hall–Kier alpha value is -1.58. The van der Waals surface area contributed by atoms with Crippen LogP contribution >= 0.6 is 0 Å². The Balaban J connectivity index is 1.51. The molecule has 1 aromatic rings. The quantitative estimate of drug-likeness (QED) is 0.379. The van der Waals surface area contributed by atoms with Gasteiger partial charge in [0.1, 0.15) is 0 Å². The van der Waals surface area contributed by atoms with E-state index in [1.165, 1.54) is 35.4 Å². The zero-order valence-electron chi connectivity index (χ0n) is 24.9. The average molecular weight is 507 g/mol. The molecule has 3 fully saturated rings. The summed E-state index contributed by atoms with van der Waals surface area (Å²) in [5, 5.41) is 18.9. The second-order valence-corrected chi connectivity index (χ2v) is 16.3. The van der Waals surface area contributed by atoms with E-state index in [0.29, 0.717) is 11.8 Å². The average Bonchev–Trinajstić information content (AvgIpc) is 3.15. The largest absolute Gasteiger partial charge is 0.481 e. The molecule has 37 heavy (non-hydrogen) atoms. The highest BCUT2D eigenvalue weighted by Gasteiger charge is 2.70. The number of hydrogen-bond donors (Lipinski definition) is 2. The van der Waals surface area contributed by atoms with Crippen molar-refractivity contribution in [3.63, 3.8) is 0 Å². The van der Waals surface area contributed by atoms with E-state index in [1.807, 2.05) is 0 Å². The summed E-state index contributed by atoms with van der Waals surface area (Å²) in [5.74, 6) is 0.862. The first-order valence-electron chi connectivity index (χ1n) is 15.0. The number of aromatic nitrogens is 2. The molecule has 5 aliphatic carbocycles. The Bertz CT molecular complexity index is 1200. The molecule has 0 spiro atoms. The van der Waals surface area contributed by atoms with Crippen LogP contribution in [0.15, 0.2) is 11.1 Å². The molecule has 1 heterocycles. The Kier molecular flexibility index (Phi) is 5.09. The van der Waals surface area contributed by atoms with E-state index in [1.54, 1.807) is 5.57 Å². The van der Waals surface area contributed by atoms with Crippen LogP contribution in [0, 0.1) is 51.8 Å². The van der Waals surface area contributed by atoms with Gasteiger partial charge in [0.2, 0.25) is 0 Å². The predicted octanol–water partition coefficient (Wildman–Crippen LogP) is 8.01. The maximum absolute atomic E-state index is 13.0. The maximum atomic E-state index is 13.0. The van der Waals surface area contributed by atoms with E-state index in [-0.39, 0.29) is 33.0 Å². The van der Waals surface area contributed by atoms with Crippen LogP contribution in [0.2, 0.25) is 0 Å². The molecule has 3 saturated carbocycles. The number of H-pyrrole nitrogens is 1. The normalized spacial score (nSPS) is 45.7. The third kappa shape index (κ3) is 2.97. The van der Waals surface area contributed by atoms with Crippen molar-refractivity contribution in [2.24, 2.45) is 44.8 Å². The molecule has 0 amide bonds. The minimum atomic E-state index is -0.564. The number of carboxylic acids is 1. The van der Waals surface area contributed by atoms with E-state index in [4.69, 9.17) is 5.10 Å². The van der Waals surface area contributed by atoms with Crippen LogP contribution in [0.1, 0.15) is 124 Å². The number of allylic oxidation sites excluding steroid dienone is 2. The lowest BCUT2D eigenvalue weighted by Crippen LogP contribution is -2.65. The van der Waals surface area contributed by atoms with Crippen molar-refractivity contribution < 1.29 is 9.90 Å². The summed E-state index contributed by atoms with van der Waals surface area (Å²) < 4.78 is 0. The van der Waals surface area contributed by atoms with Crippen LogP contribution in [-0.2, 0) is 16.6 Å². The minimum Gasteiger partial charge on any atom is -0.481 e. The maximum Gasteiger partial charge on any atom is 0.310 e. The fourth-order valence-electron chi connectivity index (χ4n) is 11.6. The summed E-state index contributed by atoms with van der Waals surface area (Å²) in [7, 11) is 0. The SMILES string of the molecule is CC1=C2[C@@H]3CC(C)(C)CC[C@]3(C(=O)O)CC[C@@]2(C)[C@]2(C)CC[C@H]3C(C)(C)c4n[nH]c(C)c4C[C@]3(C)C2C1. The molecule has 2 N–H and O–H groups in total. The summed E-state index contributed by atoms with van der Waals surface area (Å²) in [4.78, 5) is 13.0. The molecule has 7 atom stereocenters. The van der Waals surface area contributed by atoms with Crippen LogP contribution in [0.25, 0.3) is 0 Å². The van der Waals surface area contributed by atoms with Gasteiger partial charge in [0.05, 0.1) is 11.1 Å². The molecule has 5 aliphatic rings. The third-order valence-corrected chi connectivity index (χ3v) is 13.8. The molecule has 0 saturated heterocycles. The summed E-state index contributed by atoms with van der Waals surface area (Å²) in [6.07, 6.45) is 9.48. The molecule has 0 radical (unpaired) electrons. The Morgan fingerprint density at radius 1 is 0.946 bits per heavy atom. The molecule has 0 aromatic carbocycles. The highest BCUT2D eigenvalue weighted by atomic mass is 16.4. The van der Waals surface area contributed by atoms with Gasteiger partial charge in [-0.05, 0) is 117 Å². The Morgan fingerprint density at radius 3 is 2.30 bits per heavy atom. The van der Waals surface area contributed by atoms with Crippen molar-refractivity contribution in [3.8, 4) is 0 Å². The fraction of sp³-hybridized carbons (Fsp3) is 0.818. The number of rotatable bonds is 1. The van der Waals surface area contributed by atoms with Crippen molar-refractivity contribution >= 4 is 5.97 Å². The van der Waals surface area contributed by atoms with Gasteiger partial charge in [0.25, 0.3) is 0 Å². The number of aromatic amines is 1. The van der Waals surface area contributed by atoms with Crippen molar-refractivity contribution in [3.05, 3.63) is 28.1 Å². The summed E-state index contributed by atoms with van der Waals surface area (Å²) >= 11 is 0. The topological polar surface area (TPSA) is 66.0 Å². The van der Waals surface area contributed by atoms with E-state index >= 15 is 0 Å². The molecule has 6 rings (SSSR count). The Labute approximate surface area is 224 Å². The lowest BCUT2D eigenvalue weighted by molar-refractivity contribution is -0.178. The standard InChI is InChI=1S/C33H50N2O2/c1-19-16-24-30(7)17-21-20(2)34-35-26(21)29(5,6)23(30)10-11-31(24,8)32(9)13-15-33(27(36)37)14-12-28(3,4)18-22(33)25(19)32/h22-24H,10-18H2,1-9H3,(H,34,35)(H,36,37)/t22-,23-,24?,30-,31+,32+,33-/m0/s1. The molecule has 4 heteroatoms. The van der Waals surface area contributed by atoms with E-state index < -0.39 is 11.4 Å². The zero-order chi connectivity index (χ0) is 27.0. The molecule has 1 aromatic heterocycles. The smallest absolute Gasteiger partial charge is 0.310 e. The molecule has 4 nitrogen and oxygen atoms in total. The van der Waals surface area contributed by atoms with Crippen molar-refractivity contribution in [2.45, 2.75) is 126 Å². The van der Waals surface area contributed by atoms with Gasteiger partial charge < -0.3 is 5.11 Å². The van der Waals surface area contributed by atoms with E-state index in [2.05, 4.69) is 67.4 Å². The predicted molar refractivity (Wildman–Crippen MR) is 148 cm³/mol. The van der Waals surface area contributed by atoms with Crippen LogP contribution in [-0.4, -0.2) is 21.3 Å². The van der Waals surface area contributed by atoms with Crippen LogP contribution in [0.4, 0.5) is 0 Å². The van der Waals surface area contributed by atoms with E-state index in [9.17, 15) is 9.90 Å². The van der Waals surface area contributed by atoms with Gasteiger partial charge in [0, 0.05) is 11.1 Å². The number of aryl methyl sites for hydroxylation is 1. The van der Waals surface area contributed by atoms with Crippen molar-refractivity contribution in [1.29, 1.82) is 0 Å². The lowest BCUT2D eigenvalue weighted by Gasteiger charge is -2.71. The monoisotopic (exact) mass is 506 g/mol. The van der Waals surface area contributed by atoms with Gasteiger partial charge in [-0.2, -0.15) is 5.10 Å². The summed E-state index contributed by atoms with van der Waals surface area (Å²) in [6.45, 7) is 22.0. The summed E-state index contributed by atoms with van der Waals surface area (Å²) in [5.41, 5.74) is 7.30. The molecule has 1 unspecified atom stereocenters. The van der Waals surface area contributed by atoms with Gasteiger partial charge in [-0.25, -0.2) is 0 Å². The van der Waals surface area contributed by atoms with Crippen LogP contribution in [0.5, 0.6) is 0 Å². The van der Waals surface area contributed by atoms with Gasteiger partial charge >= 0.3 is 5.97 Å². The van der Waals surface area contributed by atoms with Gasteiger partial charge in [0.15, 0.2) is 0 Å². The van der Waals surface area contributed by atoms with Gasteiger partial charge in [-0.3, -0.25) is 9.89 Å². The number of carbonyl (C=O) groups is 1. The number of nitrogens with zero attached hydrogens (tertiary/aromatic N) is 1. The molecular formula is C33H50N2O2. The Morgan fingerprint density at radius 2 is 1.62 bits per heavy atom. The first kappa shape index (κ1) is 25.7. The minimum absolute atomic E-state index is 0.0612. The number of hydrogen-bond acceptors (Lipinski definition) is 2. The number of aliphatic carboxylic acids is 1. The third-order valence-electron chi connectivity index (χ3n) is 13.8. The van der Waals surface area contributed by atoms with Crippen LogP contribution in [0.3, 0.4) is 0 Å². The zero-order valence-corrected chi connectivity index (χ0v) is 24.9. The van der Waals surface area contributed by atoms with Gasteiger partial charge in [-0.15, -0.1) is 0 Å². The van der Waals surface area contributed by atoms with Crippen LogP contribution < -0.4 is 0 Å². The molecule has 0 aliphatic heterocycles. The van der Waals surface area contributed by atoms with E-state index in [0.717, 1.165) is 44.9 Å². The second kappa shape index (κ2) is 7.33. The lowest BCUT2D eigenvalue weighted by atomic mass is 9.33. The highest BCUT2D eigenvalue weighted by molar-refractivity contribution is 5.76. The second-order valence-electron chi connectivity index (χ2n) is 16.3. The first-order chi connectivity index (χ1) is 17.0. The number of carboxylic acid groups (broad SMARTS) is 1. The fourth-order valence-corrected chi connectivity index (χ4v) is 11.6. The van der Waals surface area contributed by atoms with Crippen molar-refractivity contribution in [2.75, 3.05) is 0 Å². The first-order valence-corrected chi connectivity index (χ1v) is 15.0. The molecular weight excluding hydrogens is 456 g/mol. The number of nitrogens with one attached hydrogen (secondary N) is 1. The number of fused-ring (bicyclic) bond motifs is 8. The van der Waals surface area contributed by atoms with Crippen molar-refractivity contribution in [1.82, 2.24) is 10.2 Å². The summed E-state index contributed by atoms with van der Waals surface area (Å²) in [6, 6.07) is 0. The highest BCUT2D eigenvalue weighted by Crippen LogP contribution is 2.76.